The van der Waals surface area contributed by atoms with Gasteiger partial charge in [-0.2, -0.15) is 5.10 Å². The Bertz CT molecular complexity index is 385. The number of hydrogen-bond acceptors (Lipinski definition) is 3. The van der Waals surface area contributed by atoms with Gasteiger partial charge < -0.3 is 4.74 Å². The van der Waals surface area contributed by atoms with Crippen molar-refractivity contribution in [1.29, 1.82) is 0 Å². The first kappa shape index (κ1) is 11.1. The molecule has 2 heterocycles. The molecule has 0 atom stereocenters. The lowest BCUT2D eigenvalue weighted by Gasteiger charge is -2.21. The van der Waals surface area contributed by atoms with E-state index < -0.39 is 0 Å². The second kappa shape index (κ2) is 5.07. The van der Waals surface area contributed by atoms with E-state index in [4.69, 9.17) is 4.74 Å². The lowest BCUT2D eigenvalue weighted by Crippen LogP contribution is -2.28. The molecular weight excluding hydrogens is 307 g/mol. The van der Waals surface area contributed by atoms with Crippen molar-refractivity contribution in [3.8, 4) is 0 Å². The van der Waals surface area contributed by atoms with E-state index in [9.17, 15) is 4.79 Å². The second-order valence-corrected chi connectivity index (χ2v) is 5.00. The molecule has 1 saturated heterocycles. The SMILES string of the molecule is O=c1cc(I)cnn1CC1CCOCC1. The van der Waals surface area contributed by atoms with Crippen LogP contribution in [0.15, 0.2) is 17.1 Å². The van der Waals surface area contributed by atoms with Gasteiger partial charge in [-0.1, -0.05) is 0 Å². The van der Waals surface area contributed by atoms with Crippen LogP contribution in [0.4, 0.5) is 0 Å². The normalized spacial score (nSPS) is 17.9. The minimum absolute atomic E-state index is 0.00612. The molecule has 0 bridgehead atoms. The molecule has 0 unspecified atom stereocenters. The van der Waals surface area contributed by atoms with Gasteiger partial charge in [-0.25, -0.2) is 4.68 Å². The Labute approximate surface area is 102 Å². The van der Waals surface area contributed by atoms with Gasteiger partial charge >= 0.3 is 0 Å². The Morgan fingerprint density at radius 2 is 2.27 bits per heavy atom. The van der Waals surface area contributed by atoms with Crippen LogP contribution in [0.25, 0.3) is 0 Å². The predicted molar refractivity (Wildman–Crippen MR) is 64.8 cm³/mol. The highest BCUT2D eigenvalue weighted by molar-refractivity contribution is 14.1. The number of nitrogens with zero attached hydrogens (tertiary/aromatic N) is 2. The summed E-state index contributed by atoms with van der Waals surface area (Å²) in [6.45, 7) is 2.34. The quantitative estimate of drug-likeness (QED) is 0.771. The lowest BCUT2D eigenvalue weighted by atomic mass is 10.0. The third kappa shape index (κ3) is 3.01. The van der Waals surface area contributed by atoms with Gasteiger partial charge in [-0.3, -0.25) is 4.79 Å². The van der Waals surface area contributed by atoms with E-state index in [0.717, 1.165) is 36.2 Å². The third-order valence-electron chi connectivity index (χ3n) is 2.61. The van der Waals surface area contributed by atoms with Crippen LogP contribution in [0.3, 0.4) is 0 Å². The van der Waals surface area contributed by atoms with Crippen LogP contribution in [-0.2, 0) is 11.3 Å². The van der Waals surface area contributed by atoms with Crippen LogP contribution >= 0.6 is 22.6 Å². The van der Waals surface area contributed by atoms with Crippen molar-refractivity contribution < 1.29 is 4.74 Å². The summed E-state index contributed by atoms with van der Waals surface area (Å²) in [5.74, 6) is 0.531. The van der Waals surface area contributed by atoms with E-state index in [2.05, 4.69) is 27.7 Å². The van der Waals surface area contributed by atoms with Gasteiger partial charge in [0.15, 0.2) is 0 Å². The Morgan fingerprint density at radius 3 is 2.93 bits per heavy atom. The highest BCUT2D eigenvalue weighted by Gasteiger charge is 2.15. The first-order valence-corrected chi connectivity index (χ1v) is 6.14. The van der Waals surface area contributed by atoms with E-state index in [0.29, 0.717) is 5.92 Å². The predicted octanol–water partition coefficient (Wildman–Crippen LogP) is 1.27. The fraction of sp³-hybridized carbons (Fsp3) is 0.600. The molecule has 0 radical (unpaired) electrons. The number of ether oxygens (including phenoxy) is 1. The van der Waals surface area contributed by atoms with Crippen LogP contribution in [0.5, 0.6) is 0 Å². The third-order valence-corrected chi connectivity index (χ3v) is 3.20. The molecule has 1 aromatic heterocycles. The fourth-order valence-corrected chi connectivity index (χ4v) is 2.11. The molecule has 82 valence electrons. The number of hydrogen-bond donors (Lipinski definition) is 0. The summed E-state index contributed by atoms with van der Waals surface area (Å²) in [7, 11) is 0. The van der Waals surface area contributed by atoms with Gasteiger partial charge in [-0.05, 0) is 41.4 Å². The van der Waals surface area contributed by atoms with Crippen molar-refractivity contribution in [3.63, 3.8) is 0 Å². The highest BCUT2D eigenvalue weighted by Crippen LogP contribution is 2.15. The molecule has 0 N–H and O–H groups in total. The van der Waals surface area contributed by atoms with Gasteiger partial charge in [0.1, 0.15) is 0 Å². The molecule has 15 heavy (non-hydrogen) atoms. The summed E-state index contributed by atoms with van der Waals surface area (Å²) in [6, 6.07) is 1.62. The number of aromatic nitrogens is 2. The Morgan fingerprint density at radius 1 is 1.53 bits per heavy atom. The molecule has 0 amide bonds. The maximum absolute atomic E-state index is 11.6. The first-order valence-electron chi connectivity index (χ1n) is 5.06. The number of rotatable bonds is 2. The lowest BCUT2D eigenvalue weighted by molar-refractivity contribution is 0.0596. The van der Waals surface area contributed by atoms with Crippen molar-refractivity contribution in [2.75, 3.05) is 13.2 Å². The van der Waals surface area contributed by atoms with Crippen LogP contribution in [-0.4, -0.2) is 23.0 Å². The summed E-state index contributed by atoms with van der Waals surface area (Å²) in [6.07, 6.45) is 3.78. The standard InChI is InChI=1S/C10H13IN2O2/c11-9-5-10(14)13(12-6-9)7-8-1-3-15-4-2-8/h5-6,8H,1-4,7H2. The van der Waals surface area contributed by atoms with Crippen molar-refractivity contribution in [2.45, 2.75) is 19.4 Å². The average molecular weight is 320 g/mol. The molecule has 0 saturated carbocycles. The summed E-state index contributed by atoms with van der Waals surface area (Å²) < 4.78 is 7.72. The Hall–Kier alpha value is -0.430. The van der Waals surface area contributed by atoms with Crippen molar-refractivity contribution in [2.24, 2.45) is 5.92 Å². The van der Waals surface area contributed by atoms with E-state index in [1.165, 1.54) is 0 Å². The summed E-state index contributed by atoms with van der Waals surface area (Å²) in [4.78, 5) is 11.6. The molecule has 5 heteroatoms. The zero-order valence-corrected chi connectivity index (χ0v) is 10.5. The van der Waals surface area contributed by atoms with Gasteiger partial charge in [-0.15, -0.1) is 0 Å². The monoisotopic (exact) mass is 320 g/mol. The molecule has 1 aromatic rings. The van der Waals surface area contributed by atoms with E-state index >= 15 is 0 Å². The second-order valence-electron chi connectivity index (χ2n) is 3.75. The maximum atomic E-state index is 11.6. The topological polar surface area (TPSA) is 44.1 Å². The summed E-state index contributed by atoms with van der Waals surface area (Å²) in [5.41, 5.74) is -0.00612. The maximum Gasteiger partial charge on any atom is 0.267 e. The van der Waals surface area contributed by atoms with Crippen LogP contribution < -0.4 is 5.56 Å². The van der Waals surface area contributed by atoms with Crippen LogP contribution in [0, 0.1) is 9.49 Å². The largest absolute Gasteiger partial charge is 0.381 e. The van der Waals surface area contributed by atoms with Gasteiger partial charge in [0.25, 0.3) is 5.56 Å². The van der Waals surface area contributed by atoms with Gasteiger partial charge in [0.2, 0.25) is 0 Å². The Kier molecular flexibility index (Phi) is 3.74. The molecule has 1 aliphatic heterocycles. The summed E-state index contributed by atoms with van der Waals surface area (Å²) >= 11 is 2.10. The zero-order valence-electron chi connectivity index (χ0n) is 8.36. The molecule has 0 aliphatic carbocycles. The van der Waals surface area contributed by atoms with E-state index in [1.54, 1.807) is 16.9 Å². The smallest absolute Gasteiger partial charge is 0.267 e. The molecular formula is C10H13IN2O2. The fourth-order valence-electron chi connectivity index (χ4n) is 1.72. The minimum atomic E-state index is -0.00612. The van der Waals surface area contributed by atoms with Gasteiger partial charge in [0, 0.05) is 29.4 Å². The van der Waals surface area contributed by atoms with E-state index in [-0.39, 0.29) is 5.56 Å². The van der Waals surface area contributed by atoms with Crippen LogP contribution in [0.2, 0.25) is 0 Å². The van der Waals surface area contributed by atoms with Crippen molar-refractivity contribution in [3.05, 3.63) is 26.2 Å². The molecule has 0 aromatic carbocycles. The molecule has 0 spiro atoms. The average Bonchev–Trinajstić information content (AvgIpc) is 2.24. The number of halogens is 1. The highest BCUT2D eigenvalue weighted by atomic mass is 127. The molecule has 1 aliphatic rings. The van der Waals surface area contributed by atoms with Crippen molar-refractivity contribution >= 4 is 22.6 Å². The molecule has 4 nitrogen and oxygen atoms in total. The molecule has 2 rings (SSSR count). The van der Waals surface area contributed by atoms with E-state index in [1.807, 2.05) is 0 Å². The Balaban J connectivity index is 2.06. The summed E-state index contributed by atoms with van der Waals surface area (Å²) in [5, 5.41) is 4.13. The minimum Gasteiger partial charge on any atom is -0.381 e. The van der Waals surface area contributed by atoms with Crippen LogP contribution in [0.1, 0.15) is 12.8 Å². The van der Waals surface area contributed by atoms with Crippen molar-refractivity contribution in [1.82, 2.24) is 9.78 Å². The molecule has 1 fully saturated rings. The van der Waals surface area contributed by atoms with Gasteiger partial charge in [0.05, 0.1) is 6.20 Å². The zero-order chi connectivity index (χ0) is 10.7. The first-order chi connectivity index (χ1) is 7.25.